The van der Waals surface area contributed by atoms with Gasteiger partial charge in [0, 0.05) is 33.2 Å². The van der Waals surface area contributed by atoms with Crippen LogP contribution in [0, 0.1) is 0 Å². The molecule has 2 nitrogen and oxygen atoms in total. The molecule has 0 saturated heterocycles. The average molecular weight is 730 g/mol. The van der Waals surface area contributed by atoms with Crippen molar-refractivity contribution in [2.45, 2.75) is 19.3 Å². The van der Waals surface area contributed by atoms with E-state index in [-0.39, 0.29) is 5.41 Å². The Morgan fingerprint density at radius 2 is 0.947 bits per heavy atom. The average Bonchev–Trinajstić information content (AvgIpc) is 3.75. The molecule has 0 unspecified atom stereocenters. The molecule has 57 heavy (non-hydrogen) atoms. The third-order valence-electron chi connectivity index (χ3n) is 12.1. The van der Waals surface area contributed by atoms with Crippen LogP contribution < -0.4 is 4.90 Å². The highest BCUT2D eigenvalue weighted by Crippen LogP contribution is 2.52. The molecule has 0 amide bonds. The van der Waals surface area contributed by atoms with E-state index in [0.29, 0.717) is 0 Å². The number of anilines is 3. The van der Waals surface area contributed by atoms with E-state index in [4.69, 9.17) is 4.42 Å². The minimum absolute atomic E-state index is 0.0911. The standard InChI is InChI=1S/C55H39NO/c1-55(2)51-22-7-5-17-47(51)49-21-11-20-46(54(49)55)38-26-30-42(31-27-38)56(43-32-33-53-50(35-43)48-18-6-8-23-52(48)57-53)41-28-24-36(25-29-41)39-14-9-15-40(34-39)45-19-10-13-37-12-3-4-16-44(37)45/h3-35H,1-2H3. The van der Waals surface area contributed by atoms with E-state index < -0.39 is 0 Å². The van der Waals surface area contributed by atoms with Crippen LogP contribution in [-0.4, -0.2) is 0 Å². The summed E-state index contributed by atoms with van der Waals surface area (Å²) in [7, 11) is 0. The maximum atomic E-state index is 6.25. The molecule has 1 heterocycles. The lowest BCUT2D eigenvalue weighted by atomic mass is 9.79. The van der Waals surface area contributed by atoms with Gasteiger partial charge in [0.1, 0.15) is 11.2 Å². The molecule has 1 aliphatic carbocycles. The third kappa shape index (κ3) is 5.40. The molecule has 9 aromatic carbocycles. The minimum atomic E-state index is -0.0911. The van der Waals surface area contributed by atoms with Crippen LogP contribution in [-0.2, 0) is 5.41 Å². The van der Waals surface area contributed by atoms with Crippen molar-refractivity contribution in [2.75, 3.05) is 4.90 Å². The Labute approximate surface area is 332 Å². The summed E-state index contributed by atoms with van der Waals surface area (Å²) in [6.45, 7) is 4.72. The first-order valence-electron chi connectivity index (χ1n) is 19.8. The number of hydrogen-bond acceptors (Lipinski definition) is 2. The van der Waals surface area contributed by atoms with Gasteiger partial charge in [0.25, 0.3) is 0 Å². The second kappa shape index (κ2) is 13.0. The fraction of sp³-hybridized carbons (Fsp3) is 0.0545. The van der Waals surface area contributed by atoms with Gasteiger partial charge in [-0.05, 0) is 121 Å². The van der Waals surface area contributed by atoms with Gasteiger partial charge >= 0.3 is 0 Å². The molecule has 270 valence electrons. The largest absolute Gasteiger partial charge is 0.456 e. The SMILES string of the molecule is CC1(C)c2ccccc2-c2cccc(-c3ccc(N(c4ccc(-c5cccc(-c6cccc7ccccc67)c5)cc4)c4ccc5oc6ccccc6c5c4)cc3)c21. The van der Waals surface area contributed by atoms with E-state index in [1.54, 1.807) is 0 Å². The molecule has 0 atom stereocenters. The Balaban J connectivity index is 1.000. The van der Waals surface area contributed by atoms with E-state index in [2.05, 4.69) is 207 Å². The molecule has 0 fully saturated rings. The van der Waals surface area contributed by atoms with Gasteiger partial charge in [0.15, 0.2) is 0 Å². The highest BCUT2D eigenvalue weighted by Gasteiger charge is 2.37. The molecular formula is C55H39NO. The van der Waals surface area contributed by atoms with Crippen molar-refractivity contribution in [2.24, 2.45) is 0 Å². The summed E-state index contributed by atoms with van der Waals surface area (Å²) in [6.07, 6.45) is 0. The van der Waals surface area contributed by atoms with Gasteiger partial charge in [-0.1, -0.05) is 159 Å². The van der Waals surface area contributed by atoms with E-state index in [9.17, 15) is 0 Å². The number of rotatable bonds is 6. The van der Waals surface area contributed by atoms with Crippen molar-refractivity contribution < 1.29 is 4.42 Å². The van der Waals surface area contributed by atoms with Crippen LogP contribution >= 0.6 is 0 Å². The summed E-state index contributed by atoms with van der Waals surface area (Å²) in [5.74, 6) is 0. The number of hydrogen-bond donors (Lipinski definition) is 0. The lowest BCUT2D eigenvalue weighted by Crippen LogP contribution is -2.16. The third-order valence-corrected chi connectivity index (χ3v) is 12.1. The smallest absolute Gasteiger partial charge is 0.135 e. The van der Waals surface area contributed by atoms with Crippen molar-refractivity contribution in [1.82, 2.24) is 0 Å². The first-order valence-corrected chi connectivity index (χ1v) is 19.8. The van der Waals surface area contributed by atoms with Crippen molar-refractivity contribution in [1.29, 1.82) is 0 Å². The van der Waals surface area contributed by atoms with Crippen LogP contribution in [0.1, 0.15) is 25.0 Å². The van der Waals surface area contributed by atoms with Gasteiger partial charge in [-0.3, -0.25) is 0 Å². The zero-order chi connectivity index (χ0) is 38.1. The molecule has 1 aliphatic rings. The van der Waals surface area contributed by atoms with Crippen molar-refractivity contribution >= 4 is 49.8 Å². The van der Waals surface area contributed by atoms with E-state index in [1.807, 2.05) is 12.1 Å². The molecule has 0 aliphatic heterocycles. The van der Waals surface area contributed by atoms with Crippen LogP contribution in [0.2, 0.25) is 0 Å². The maximum absolute atomic E-state index is 6.25. The Hall–Kier alpha value is -7.16. The molecule has 0 bridgehead atoms. The molecule has 10 aromatic rings. The molecule has 0 N–H and O–H groups in total. The van der Waals surface area contributed by atoms with Crippen LogP contribution in [0.3, 0.4) is 0 Å². The molecule has 11 rings (SSSR count). The van der Waals surface area contributed by atoms with Gasteiger partial charge in [-0.2, -0.15) is 0 Å². The minimum Gasteiger partial charge on any atom is -0.456 e. The van der Waals surface area contributed by atoms with Crippen LogP contribution in [0.5, 0.6) is 0 Å². The second-order valence-electron chi connectivity index (χ2n) is 15.7. The number of nitrogens with zero attached hydrogens (tertiary/aromatic N) is 1. The summed E-state index contributed by atoms with van der Waals surface area (Å²) in [4.78, 5) is 2.36. The van der Waals surface area contributed by atoms with Crippen molar-refractivity contribution in [3.63, 3.8) is 0 Å². The Bertz CT molecular complexity index is 3140. The normalized spacial score (nSPS) is 12.9. The highest BCUT2D eigenvalue weighted by molar-refractivity contribution is 6.06. The van der Waals surface area contributed by atoms with E-state index in [1.165, 1.54) is 66.4 Å². The second-order valence-corrected chi connectivity index (χ2v) is 15.7. The lowest BCUT2D eigenvalue weighted by Gasteiger charge is -2.27. The monoisotopic (exact) mass is 729 g/mol. The van der Waals surface area contributed by atoms with Crippen LogP contribution in [0.15, 0.2) is 205 Å². The van der Waals surface area contributed by atoms with Gasteiger partial charge < -0.3 is 9.32 Å². The van der Waals surface area contributed by atoms with Crippen LogP contribution in [0.25, 0.3) is 77.2 Å². The molecule has 1 aromatic heterocycles. The fourth-order valence-electron chi connectivity index (χ4n) is 9.33. The summed E-state index contributed by atoms with van der Waals surface area (Å²) in [5.41, 5.74) is 17.7. The maximum Gasteiger partial charge on any atom is 0.135 e. The summed E-state index contributed by atoms with van der Waals surface area (Å²) >= 11 is 0. The summed E-state index contributed by atoms with van der Waals surface area (Å²) < 4.78 is 6.25. The van der Waals surface area contributed by atoms with Gasteiger partial charge in [-0.25, -0.2) is 0 Å². The lowest BCUT2D eigenvalue weighted by molar-refractivity contribution is 0.662. The zero-order valence-corrected chi connectivity index (χ0v) is 31.9. The quantitative estimate of drug-likeness (QED) is 0.169. The molecule has 0 radical (unpaired) electrons. The highest BCUT2D eigenvalue weighted by atomic mass is 16.3. The molecule has 0 saturated carbocycles. The number of fused-ring (bicyclic) bond motifs is 7. The van der Waals surface area contributed by atoms with Crippen LogP contribution in [0.4, 0.5) is 17.1 Å². The Kier molecular flexibility index (Phi) is 7.55. The fourth-order valence-corrected chi connectivity index (χ4v) is 9.33. The number of para-hydroxylation sites is 1. The van der Waals surface area contributed by atoms with Gasteiger partial charge in [-0.15, -0.1) is 0 Å². The predicted octanol–water partition coefficient (Wildman–Crippen LogP) is 15.5. The Morgan fingerprint density at radius 3 is 1.79 bits per heavy atom. The number of benzene rings is 9. The first kappa shape index (κ1) is 33.2. The van der Waals surface area contributed by atoms with E-state index in [0.717, 1.165) is 39.0 Å². The van der Waals surface area contributed by atoms with Gasteiger partial charge in [0.05, 0.1) is 0 Å². The molecular weight excluding hydrogens is 691 g/mol. The van der Waals surface area contributed by atoms with Gasteiger partial charge in [0.2, 0.25) is 0 Å². The zero-order valence-electron chi connectivity index (χ0n) is 31.9. The van der Waals surface area contributed by atoms with Crippen molar-refractivity contribution in [3.05, 3.63) is 211 Å². The number of furan rings is 1. The van der Waals surface area contributed by atoms with E-state index >= 15 is 0 Å². The summed E-state index contributed by atoms with van der Waals surface area (Å²) in [6, 6.07) is 72.6. The molecule has 2 heteroatoms. The predicted molar refractivity (Wildman–Crippen MR) is 240 cm³/mol. The Morgan fingerprint density at radius 1 is 0.368 bits per heavy atom. The molecule has 0 spiro atoms. The van der Waals surface area contributed by atoms with Crippen molar-refractivity contribution in [3.8, 4) is 44.5 Å². The topological polar surface area (TPSA) is 16.4 Å². The first-order chi connectivity index (χ1) is 28.0. The summed E-state index contributed by atoms with van der Waals surface area (Å²) in [5, 5.41) is 4.74.